The number of amides is 3. The van der Waals surface area contributed by atoms with E-state index in [9.17, 15) is 9.59 Å². The van der Waals surface area contributed by atoms with Crippen molar-refractivity contribution >= 4 is 23.5 Å². The Bertz CT molecular complexity index is 839. The molecule has 0 aromatic heterocycles. The van der Waals surface area contributed by atoms with Gasteiger partial charge in [0.05, 0.1) is 0 Å². The molecule has 1 aromatic rings. The van der Waals surface area contributed by atoms with Crippen molar-refractivity contribution in [3.05, 3.63) is 46.5 Å². The third kappa shape index (κ3) is 4.42. The Morgan fingerprint density at radius 3 is 2.50 bits per heavy atom. The van der Waals surface area contributed by atoms with Crippen molar-refractivity contribution in [2.24, 2.45) is 11.8 Å². The van der Waals surface area contributed by atoms with Crippen LogP contribution in [-0.4, -0.2) is 53.5 Å². The molecule has 1 atom stereocenters. The van der Waals surface area contributed by atoms with Gasteiger partial charge in [-0.1, -0.05) is 41.4 Å². The fourth-order valence-corrected chi connectivity index (χ4v) is 4.97. The first kappa shape index (κ1) is 21.4. The monoisotopic (exact) mass is 429 g/mol. The first-order valence-electron chi connectivity index (χ1n) is 11.1. The first-order valence-corrected chi connectivity index (χ1v) is 11.5. The van der Waals surface area contributed by atoms with Gasteiger partial charge in [-0.2, -0.15) is 0 Å². The van der Waals surface area contributed by atoms with Crippen LogP contribution in [0.5, 0.6) is 0 Å². The maximum absolute atomic E-state index is 13.7. The van der Waals surface area contributed by atoms with Crippen LogP contribution in [0.2, 0.25) is 5.02 Å². The number of rotatable bonds is 7. The quantitative estimate of drug-likeness (QED) is 0.520. The van der Waals surface area contributed by atoms with E-state index in [1.165, 1.54) is 10.5 Å². The van der Waals surface area contributed by atoms with E-state index in [2.05, 4.69) is 30.1 Å². The summed E-state index contributed by atoms with van der Waals surface area (Å²) in [5, 5.41) is 3.81. The van der Waals surface area contributed by atoms with E-state index in [0.717, 1.165) is 50.9 Å². The van der Waals surface area contributed by atoms with E-state index in [4.69, 9.17) is 11.6 Å². The third-order valence-electron chi connectivity index (χ3n) is 6.81. The highest BCUT2D eigenvalue weighted by Gasteiger charge is 2.56. The minimum atomic E-state index is -0.889. The predicted octanol–water partition coefficient (Wildman–Crippen LogP) is 4.26. The van der Waals surface area contributed by atoms with E-state index in [1.54, 1.807) is 0 Å². The summed E-state index contributed by atoms with van der Waals surface area (Å²) < 4.78 is 0. The Morgan fingerprint density at radius 2 is 1.87 bits per heavy atom. The van der Waals surface area contributed by atoms with Crippen LogP contribution in [0.15, 0.2) is 35.9 Å². The largest absolute Gasteiger partial charge is 0.325 e. The minimum Gasteiger partial charge on any atom is -0.322 e. The summed E-state index contributed by atoms with van der Waals surface area (Å²) >= 11 is 6.46. The van der Waals surface area contributed by atoms with Gasteiger partial charge in [0.15, 0.2) is 0 Å². The maximum atomic E-state index is 13.7. The van der Waals surface area contributed by atoms with Crippen LogP contribution in [0.3, 0.4) is 0 Å². The number of imide groups is 1. The van der Waals surface area contributed by atoms with Crippen LogP contribution >= 0.6 is 11.6 Å². The molecule has 30 heavy (non-hydrogen) atoms. The van der Waals surface area contributed by atoms with Gasteiger partial charge in [-0.05, 0) is 76.1 Å². The summed E-state index contributed by atoms with van der Waals surface area (Å²) in [5.74, 6) is 0.529. The lowest BCUT2D eigenvalue weighted by molar-refractivity contribution is -0.134. The van der Waals surface area contributed by atoms with Crippen LogP contribution in [-0.2, 0) is 11.2 Å². The van der Waals surface area contributed by atoms with E-state index in [1.807, 2.05) is 24.3 Å². The molecule has 1 aromatic carbocycles. The molecule has 3 amide bonds. The van der Waals surface area contributed by atoms with Crippen LogP contribution in [0.4, 0.5) is 4.79 Å². The van der Waals surface area contributed by atoms with E-state index in [0.29, 0.717) is 23.9 Å². The van der Waals surface area contributed by atoms with Crippen molar-refractivity contribution in [1.82, 2.24) is 15.1 Å². The van der Waals surface area contributed by atoms with Gasteiger partial charge in [-0.25, -0.2) is 4.79 Å². The molecule has 3 fully saturated rings. The molecule has 2 heterocycles. The number of hydrogen-bond acceptors (Lipinski definition) is 3. The highest BCUT2D eigenvalue weighted by atomic mass is 35.5. The maximum Gasteiger partial charge on any atom is 0.325 e. The average molecular weight is 430 g/mol. The number of hydrogen-bond donors (Lipinski definition) is 1. The lowest BCUT2D eigenvalue weighted by Gasteiger charge is -2.41. The molecule has 0 bridgehead atoms. The summed E-state index contributed by atoms with van der Waals surface area (Å²) in [6, 6.07) is 7.44. The molecule has 2 saturated heterocycles. The number of piperidine rings is 1. The van der Waals surface area contributed by atoms with Crippen molar-refractivity contribution in [2.45, 2.75) is 51.5 Å². The van der Waals surface area contributed by atoms with Gasteiger partial charge in [0.25, 0.3) is 5.91 Å². The Morgan fingerprint density at radius 1 is 1.17 bits per heavy atom. The second-order valence-corrected chi connectivity index (χ2v) is 9.79. The van der Waals surface area contributed by atoms with Crippen LogP contribution in [0, 0.1) is 11.8 Å². The standard InChI is InChI=1S/C24H32ClN3O2/c1-17(2)9-12-27-13-10-20(11-14-27)24(15-19-5-3-4-6-21(19)25)22(29)28(23(30)26-24)16-18-7-8-18/h3-6,9,18,20H,7-8,10-16H2,1-2H3,(H,26,30)/t24-/m1/s1. The van der Waals surface area contributed by atoms with Gasteiger partial charge in [0, 0.05) is 24.5 Å². The predicted molar refractivity (Wildman–Crippen MR) is 119 cm³/mol. The molecule has 162 valence electrons. The molecule has 6 heteroatoms. The molecule has 0 radical (unpaired) electrons. The molecule has 0 unspecified atom stereocenters. The number of likely N-dealkylation sites (tertiary alicyclic amines) is 1. The van der Waals surface area contributed by atoms with Crippen molar-refractivity contribution < 1.29 is 9.59 Å². The average Bonchev–Trinajstić information content (AvgIpc) is 3.51. The van der Waals surface area contributed by atoms with Crippen molar-refractivity contribution in [3.63, 3.8) is 0 Å². The van der Waals surface area contributed by atoms with E-state index in [-0.39, 0.29) is 17.9 Å². The van der Waals surface area contributed by atoms with E-state index >= 15 is 0 Å². The van der Waals surface area contributed by atoms with Gasteiger partial charge in [0.1, 0.15) is 5.54 Å². The number of nitrogens with one attached hydrogen (secondary N) is 1. The molecule has 1 aliphatic carbocycles. The molecule has 3 aliphatic rings. The fourth-order valence-electron chi connectivity index (χ4n) is 4.77. The normalized spacial score (nSPS) is 25.5. The zero-order chi connectivity index (χ0) is 21.3. The van der Waals surface area contributed by atoms with Gasteiger partial charge in [0.2, 0.25) is 0 Å². The van der Waals surface area contributed by atoms with Crippen molar-refractivity contribution in [2.75, 3.05) is 26.2 Å². The van der Waals surface area contributed by atoms with Crippen molar-refractivity contribution in [1.29, 1.82) is 0 Å². The Balaban J connectivity index is 1.57. The number of benzene rings is 1. The summed E-state index contributed by atoms with van der Waals surface area (Å²) in [5.41, 5.74) is 1.36. The second kappa shape index (κ2) is 8.72. The first-order chi connectivity index (χ1) is 14.4. The smallest absolute Gasteiger partial charge is 0.322 e. The zero-order valence-corrected chi connectivity index (χ0v) is 18.8. The third-order valence-corrected chi connectivity index (χ3v) is 7.18. The topological polar surface area (TPSA) is 52.7 Å². The van der Waals surface area contributed by atoms with Crippen LogP contribution in [0.25, 0.3) is 0 Å². The zero-order valence-electron chi connectivity index (χ0n) is 18.0. The molecule has 5 nitrogen and oxygen atoms in total. The Hall–Kier alpha value is -1.85. The number of urea groups is 1. The number of carbonyl (C=O) groups is 2. The Kier molecular flexibility index (Phi) is 6.21. The molecular weight excluding hydrogens is 398 g/mol. The summed E-state index contributed by atoms with van der Waals surface area (Å²) in [6.07, 6.45) is 6.71. The summed E-state index contributed by atoms with van der Waals surface area (Å²) in [4.78, 5) is 30.5. The molecule has 1 N–H and O–H groups in total. The number of halogens is 1. The number of allylic oxidation sites excluding steroid dienone is 1. The van der Waals surface area contributed by atoms with Crippen LogP contribution < -0.4 is 5.32 Å². The molecule has 0 spiro atoms. The molecular formula is C24H32ClN3O2. The highest BCUT2D eigenvalue weighted by molar-refractivity contribution is 6.31. The number of carbonyl (C=O) groups excluding carboxylic acids is 2. The highest BCUT2D eigenvalue weighted by Crippen LogP contribution is 2.39. The van der Waals surface area contributed by atoms with Gasteiger partial charge < -0.3 is 5.32 Å². The summed E-state index contributed by atoms with van der Waals surface area (Å²) in [6.45, 7) is 7.60. The summed E-state index contributed by atoms with van der Waals surface area (Å²) in [7, 11) is 0. The SMILES string of the molecule is CC(C)=CCN1CCC([C@@]2(Cc3ccccc3Cl)NC(=O)N(CC3CC3)C2=O)CC1. The molecule has 2 aliphatic heterocycles. The van der Waals surface area contributed by atoms with Crippen LogP contribution in [0.1, 0.15) is 45.1 Å². The lowest BCUT2D eigenvalue weighted by Crippen LogP contribution is -2.57. The molecule has 1 saturated carbocycles. The van der Waals surface area contributed by atoms with Gasteiger partial charge in [-0.3, -0.25) is 14.6 Å². The number of nitrogens with zero attached hydrogens (tertiary/aromatic N) is 2. The van der Waals surface area contributed by atoms with Gasteiger partial charge in [-0.15, -0.1) is 0 Å². The Labute approximate surface area is 184 Å². The fraction of sp³-hybridized carbons (Fsp3) is 0.583. The van der Waals surface area contributed by atoms with Gasteiger partial charge >= 0.3 is 6.03 Å². The lowest BCUT2D eigenvalue weighted by atomic mass is 9.74. The minimum absolute atomic E-state index is 0.0536. The van der Waals surface area contributed by atoms with E-state index < -0.39 is 5.54 Å². The second-order valence-electron chi connectivity index (χ2n) is 9.39. The van der Waals surface area contributed by atoms with Crippen molar-refractivity contribution in [3.8, 4) is 0 Å². The molecule has 4 rings (SSSR count).